The first-order valence-electron chi connectivity index (χ1n) is 8.80. The molecular weight excluding hydrogens is 427 g/mol. The molecule has 12 heteroatoms. The normalized spacial score (nSPS) is 24.1. The van der Waals surface area contributed by atoms with Crippen molar-refractivity contribution in [3.05, 3.63) is 35.1 Å². The van der Waals surface area contributed by atoms with Gasteiger partial charge in [-0.25, -0.2) is 9.18 Å². The molecule has 30 heavy (non-hydrogen) atoms. The molecule has 168 valence electrons. The molecule has 3 rings (SSSR count). The molecule has 1 aromatic rings. The number of Topliss-reactive ketones (excluding diaryl/α,β-unsaturated/α-hetero) is 1. The number of benzene rings is 1. The molecule has 2 aliphatic heterocycles. The van der Waals surface area contributed by atoms with E-state index in [9.17, 15) is 35.5 Å². The van der Waals surface area contributed by atoms with Gasteiger partial charge in [0.25, 0.3) is 0 Å². The van der Waals surface area contributed by atoms with Crippen molar-refractivity contribution in [3.63, 3.8) is 0 Å². The number of alkyl halides is 6. The molecule has 0 amide bonds. The first kappa shape index (κ1) is 24.1. The Kier molecular flexibility index (Phi) is 7.45. The summed E-state index contributed by atoms with van der Waals surface area (Å²) < 4.78 is 88.7. The van der Waals surface area contributed by atoms with Gasteiger partial charge in [0.15, 0.2) is 0 Å². The highest BCUT2D eigenvalue weighted by Crippen LogP contribution is 2.31. The van der Waals surface area contributed by atoms with Gasteiger partial charge in [0, 0.05) is 30.5 Å². The SMILES string of the molecule is O=C(O)C(F)(F)F.O=C1C[C@@H]2CC(OCc3ccc(C(F)(F)F)cc3F)C[C@H](C1)N2. The molecule has 1 unspecified atom stereocenters. The van der Waals surface area contributed by atoms with Crippen molar-refractivity contribution in [1.29, 1.82) is 0 Å². The van der Waals surface area contributed by atoms with Gasteiger partial charge < -0.3 is 15.2 Å². The van der Waals surface area contributed by atoms with E-state index in [4.69, 9.17) is 14.6 Å². The number of carboxylic acids is 1. The smallest absolute Gasteiger partial charge is 0.475 e. The van der Waals surface area contributed by atoms with Crippen molar-refractivity contribution in [2.45, 2.75) is 62.8 Å². The highest BCUT2D eigenvalue weighted by molar-refractivity contribution is 5.80. The zero-order valence-corrected chi connectivity index (χ0v) is 15.3. The average molecular weight is 445 g/mol. The highest BCUT2D eigenvalue weighted by atomic mass is 19.4. The maximum absolute atomic E-state index is 13.8. The Labute approximate surface area is 166 Å². The zero-order chi connectivity index (χ0) is 22.7. The molecule has 0 saturated carbocycles. The van der Waals surface area contributed by atoms with Gasteiger partial charge in [0.2, 0.25) is 0 Å². The standard InChI is InChI=1S/C16H17F4NO2.C2HF3O2/c17-15-3-10(16(18,19)20)2-1-9(15)8-23-14-6-11-4-13(22)5-12(7-14)21-11;3-2(4,5)1(6)7/h1-3,11-12,14,21H,4-8H2;(H,6,7)/t11-,12+,14?;. The molecule has 0 aromatic heterocycles. The Morgan fingerprint density at radius 2 is 1.63 bits per heavy atom. The minimum atomic E-state index is -5.08. The number of fused-ring (bicyclic) bond motifs is 2. The van der Waals surface area contributed by atoms with Crippen LogP contribution >= 0.6 is 0 Å². The number of carbonyl (C=O) groups excluding carboxylic acids is 1. The Morgan fingerprint density at radius 1 is 1.10 bits per heavy atom. The van der Waals surface area contributed by atoms with E-state index < -0.39 is 29.7 Å². The monoisotopic (exact) mass is 445 g/mol. The molecule has 0 spiro atoms. The third kappa shape index (κ3) is 6.94. The molecule has 2 aliphatic rings. The number of piperidine rings is 2. The summed E-state index contributed by atoms with van der Waals surface area (Å²) in [5, 5.41) is 10.5. The van der Waals surface area contributed by atoms with Crippen molar-refractivity contribution in [2.75, 3.05) is 0 Å². The van der Waals surface area contributed by atoms with Gasteiger partial charge in [-0.1, -0.05) is 6.07 Å². The van der Waals surface area contributed by atoms with Crippen LogP contribution in [0.5, 0.6) is 0 Å². The van der Waals surface area contributed by atoms with Crippen LogP contribution in [-0.2, 0) is 27.1 Å². The van der Waals surface area contributed by atoms with Crippen LogP contribution in [0.3, 0.4) is 0 Å². The lowest BCUT2D eigenvalue weighted by atomic mass is 9.84. The van der Waals surface area contributed by atoms with Crippen LogP contribution in [0.2, 0.25) is 0 Å². The molecule has 0 radical (unpaired) electrons. The number of ketones is 1. The number of carboxylic acid groups (broad SMARTS) is 1. The van der Waals surface area contributed by atoms with Crippen LogP contribution in [-0.4, -0.2) is 41.2 Å². The minimum Gasteiger partial charge on any atom is -0.475 e. The summed E-state index contributed by atoms with van der Waals surface area (Å²) in [6.07, 6.45) is -7.48. The Morgan fingerprint density at radius 3 is 2.07 bits per heavy atom. The lowest BCUT2D eigenvalue weighted by molar-refractivity contribution is -0.192. The fourth-order valence-corrected chi connectivity index (χ4v) is 3.30. The van der Waals surface area contributed by atoms with Crippen LogP contribution in [0.25, 0.3) is 0 Å². The van der Waals surface area contributed by atoms with Crippen LogP contribution in [0, 0.1) is 5.82 Å². The van der Waals surface area contributed by atoms with E-state index in [-0.39, 0.29) is 36.1 Å². The van der Waals surface area contributed by atoms with Crippen LogP contribution in [0.4, 0.5) is 30.7 Å². The summed E-state index contributed by atoms with van der Waals surface area (Å²) in [7, 11) is 0. The number of halogens is 7. The predicted octanol–water partition coefficient (Wildman–Crippen LogP) is 3.85. The van der Waals surface area contributed by atoms with Crippen molar-refractivity contribution in [2.24, 2.45) is 0 Å². The Hall–Kier alpha value is -2.21. The topological polar surface area (TPSA) is 75.6 Å². The number of rotatable bonds is 3. The van der Waals surface area contributed by atoms with Crippen molar-refractivity contribution in [3.8, 4) is 0 Å². The number of hydrogen-bond acceptors (Lipinski definition) is 4. The third-order valence-corrected chi connectivity index (χ3v) is 4.61. The quantitative estimate of drug-likeness (QED) is 0.692. The number of carbonyl (C=O) groups is 2. The van der Waals surface area contributed by atoms with E-state index >= 15 is 0 Å². The van der Waals surface area contributed by atoms with E-state index in [1.807, 2.05) is 0 Å². The molecule has 2 saturated heterocycles. The van der Waals surface area contributed by atoms with Gasteiger partial charge in [-0.15, -0.1) is 0 Å². The van der Waals surface area contributed by atoms with Gasteiger partial charge in [0.05, 0.1) is 18.3 Å². The summed E-state index contributed by atoms with van der Waals surface area (Å²) in [6, 6.07) is 2.63. The second-order valence-corrected chi connectivity index (χ2v) is 7.02. The maximum atomic E-state index is 13.8. The predicted molar refractivity (Wildman–Crippen MR) is 87.9 cm³/mol. The number of nitrogens with one attached hydrogen (secondary N) is 1. The zero-order valence-electron chi connectivity index (χ0n) is 15.3. The fraction of sp³-hybridized carbons (Fsp3) is 0.556. The summed E-state index contributed by atoms with van der Waals surface area (Å²) in [5.74, 6) is -3.43. The minimum absolute atomic E-state index is 0.0674. The molecule has 2 heterocycles. The van der Waals surface area contributed by atoms with Gasteiger partial charge in [-0.05, 0) is 25.0 Å². The molecule has 2 N–H and O–H groups in total. The van der Waals surface area contributed by atoms with E-state index in [1.54, 1.807) is 0 Å². The second-order valence-electron chi connectivity index (χ2n) is 7.02. The fourth-order valence-electron chi connectivity index (χ4n) is 3.30. The average Bonchev–Trinajstić information content (AvgIpc) is 2.58. The van der Waals surface area contributed by atoms with Crippen LogP contribution in [0.15, 0.2) is 18.2 Å². The van der Waals surface area contributed by atoms with E-state index in [0.29, 0.717) is 31.7 Å². The molecule has 1 aromatic carbocycles. The van der Waals surface area contributed by atoms with Crippen molar-refractivity contribution >= 4 is 11.8 Å². The molecule has 0 aliphatic carbocycles. The second kappa shape index (κ2) is 9.29. The van der Waals surface area contributed by atoms with E-state index in [0.717, 1.165) is 12.1 Å². The Balaban J connectivity index is 0.000000396. The van der Waals surface area contributed by atoms with Crippen molar-refractivity contribution < 1.29 is 50.2 Å². The summed E-state index contributed by atoms with van der Waals surface area (Å²) in [4.78, 5) is 20.4. The summed E-state index contributed by atoms with van der Waals surface area (Å²) in [5.41, 5.74) is -0.897. The number of ether oxygens (including phenoxy) is 1. The van der Waals surface area contributed by atoms with Crippen LogP contribution < -0.4 is 5.32 Å². The summed E-state index contributed by atoms with van der Waals surface area (Å²) >= 11 is 0. The molecule has 5 nitrogen and oxygen atoms in total. The van der Waals surface area contributed by atoms with Gasteiger partial charge >= 0.3 is 18.3 Å². The molecular formula is C18H18F7NO4. The van der Waals surface area contributed by atoms with E-state index in [1.165, 1.54) is 0 Å². The first-order chi connectivity index (χ1) is 13.8. The maximum Gasteiger partial charge on any atom is 0.490 e. The lowest BCUT2D eigenvalue weighted by Gasteiger charge is -2.39. The Bertz CT molecular complexity index is 763. The molecule has 2 fully saturated rings. The molecule has 2 bridgehead atoms. The first-order valence-corrected chi connectivity index (χ1v) is 8.80. The van der Waals surface area contributed by atoms with E-state index in [2.05, 4.69) is 5.32 Å². The van der Waals surface area contributed by atoms with Crippen LogP contribution in [0.1, 0.15) is 36.8 Å². The van der Waals surface area contributed by atoms with Gasteiger partial charge in [-0.2, -0.15) is 26.3 Å². The summed E-state index contributed by atoms with van der Waals surface area (Å²) in [6.45, 7) is -0.0674. The largest absolute Gasteiger partial charge is 0.490 e. The van der Waals surface area contributed by atoms with Gasteiger partial charge in [-0.3, -0.25) is 4.79 Å². The highest BCUT2D eigenvalue weighted by Gasteiger charge is 2.38. The van der Waals surface area contributed by atoms with Crippen molar-refractivity contribution in [1.82, 2.24) is 5.32 Å². The lowest BCUT2D eigenvalue weighted by Crippen LogP contribution is -2.53. The number of aliphatic carboxylic acids is 1. The number of hydrogen-bond donors (Lipinski definition) is 2. The third-order valence-electron chi connectivity index (χ3n) is 4.61. The molecule has 3 atom stereocenters. The van der Waals surface area contributed by atoms with Gasteiger partial charge in [0.1, 0.15) is 11.6 Å².